The molecule has 0 aliphatic rings. The maximum absolute atomic E-state index is 12.0. The molecule has 2 rings (SSSR count). The maximum atomic E-state index is 12.0. The van der Waals surface area contributed by atoms with E-state index in [4.69, 9.17) is 23.2 Å². The van der Waals surface area contributed by atoms with E-state index < -0.39 is 6.10 Å². The van der Waals surface area contributed by atoms with Crippen LogP contribution in [0.15, 0.2) is 48.5 Å². The SMILES string of the molecule is O=C(NCC(O)Cc1ccccc1)c1cc(Cl)cc(Cl)c1. The van der Waals surface area contributed by atoms with Crippen molar-refractivity contribution in [3.63, 3.8) is 0 Å². The Hall–Kier alpha value is -1.55. The molecule has 0 radical (unpaired) electrons. The summed E-state index contributed by atoms with van der Waals surface area (Å²) in [6, 6.07) is 14.2. The highest BCUT2D eigenvalue weighted by Gasteiger charge is 2.11. The Morgan fingerprint density at radius 2 is 1.71 bits per heavy atom. The summed E-state index contributed by atoms with van der Waals surface area (Å²) in [6.45, 7) is 0.165. The first-order valence-electron chi connectivity index (χ1n) is 6.51. The summed E-state index contributed by atoms with van der Waals surface area (Å²) in [6.07, 6.45) is -0.164. The zero-order valence-corrected chi connectivity index (χ0v) is 12.7. The van der Waals surface area contributed by atoms with Crippen LogP contribution < -0.4 is 5.32 Å². The summed E-state index contributed by atoms with van der Waals surface area (Å²) < 4.78 is 0. The van der Waals surface area contributed by atoms with Crippen molar-refractivity contribution in [3.05, 3.63) is 69.7 Å². The van der Waals surface area contributed by atoms with Gasteiger partial charge in [0, 0.05) is 28.6 Å². The largest absolute Gasteiger partial charge is 0.391 e. The lowest BCUT2D eigenvalue weighted by molar-refractivity contribution is 0.0916. The zero-order chi connectivity index (χ0) is 15.2. The quantitative estimate of drug-likeness (QED) is 0.886. The zero-order valence-electron chi connectivity index (χ0n) is 11.2. The standard InChI is InChI=1S/C16H15Cl2NO2/c17-13-7-12(8-14(18)9-13)16(21)19-10-15(20)6-11-4-2-1-3-5-11/h1-5,7-9,15,20H,6,10H2,(H,19,21). The van der Waals surface area contributed by atoms with Gasteiger partial charge < -0.3 is 10.4 Å². The fourth-order valence-electron chi connectivity index (χ4n) is 1.96. The van der Waals surface area contributed by atoms with Crippen molar-refractivity contribution >= 4 is 29.1 Å². The highest BCUT2D eigenvalue weighted by Crippen LogP contribution is 2.18. The molecule has 2 aromatic carbocycles. The number of amides is 1. The minimum Gasteiger partial charge on any atom is -0.391 e. The number of benzene rings is 2. The number of carbonyl (C=O) groups excluding carboxylic acids is 1. The van der Waals surface area contributed by atoms with Crippen LogP contribution in [0.25, 0.3) is 0 Å². The molecule has 0 saturated carbocycles. The lowest BCUT2D eigenvalue weighted by Crippen LogP contribution is -2.33. The van der Waals surface area contributed by atoms with Gasteiger partial charge in [0.1, 0.15) is 0 Å². The third kappa shape index (κ3) is 5.05. The molecule has 21 heavy (non-hydrogen) atoms. The van der Waals surface area contributed by atoms with E-state index in [0.717, 1.165) is 5.56 Å². The fraction of sp³-hybridized carbons (Fsp3) is 0.188. The van der Waals surface area contributed by atoms with Crippen molar-refractivity contribution in [3.8, 4) is 0 Å². The van der Waals surface area contributed by atoms with Gasteiger partial charge in [0.15, 0.2) is 0 Å². The van der Waals surface area contributed by atoms with E-state index in [-0.39, 0.29) is 12.5 Å². The summed E-state index contributed by atoms with van der Waals surface area (Å²) in [5.74, 6) is -0.313. The summed E-state index contributed by atoms with van der Waals surface area (Å²) >= 11 is 11.7. The van der Waals surface area contributed by atoms with Gasteiger partial charge in [-0.25, -0.2) is 0 Å². The number of carbonyl (C=O) groups is 1. The molecule has 2 N–H and O–H groups in total. The number of hydrogen-bond donors (Lipinski definition) is 2. The average molecular weight is 324 g/mol. The lowest BCUT2D eigenvalue weighted by atomic mass is 10.1. The average Bonchev–Trinajstić information content (AvgIpc) is 2.45. The molecular formula is C16H15Cl2NO2. The van der Waals surface area contributed by atoms with Gasteiger partial charge in [-0.15, -0.1) is 0 Å². The first kappa shape index (κ1) is 15.8. The highest BCUT2D eigenvalue weighted by atomic mass is 35.5. The van der Waals surface area contributed by atoms with Gasteiger partial charge in [-0.05, 0) is 23.8 Å². The Labute approximate surface area is 133 Å². The van der Waals surface area contributed by atoms with E-state index in [0.29, 0.717) is 22.0 Å². The number of nitrogens with one attached hydrogen (secondary N) is 1. The third-order valence-electron chi connectivity index (χ3n) is 2.94. The minimum atomic E-state index is -0.647. The van der Waals surface area contributed by atoms with Crippen LogP contribution >= 0.6 is 23.2 Å². The number of halogens is 2. The molecule has 0 spiro atoms. The molecule has 1 unspecified atom stereocenters. The Bertz CT molecular complexity index is 597. The molecule has 110 valence electrons. The van der Waals surface area contributed by atoms with Crippen LogP contribution in [0.4, 0.5) is 0 Å². The molecule has 1 atom stereocenters. The molecule has 3 nitrogen and oxygen atoms in total. The van der Waals surface area contributed by atoms with Gasteiger partial charge in [-0.3, -0.25) is 4.79 Å². The van der Waals surface area contributed by atoms with Crippen molar-refractivity contribution in [2.45, 2.75) is 12.5 Å². The van der Waals surface area contributed by atoms with E-state index in [2.05, 4.69) is 5.32 Å². The Morgan fingerprint density at radius 3 is 2.33 bits per heavy atom. The molecule has 0 aliphatic heterocycles. The molecule has 1 amide bonds. The summed E-state index contributed by atoms with van der Waals surface area (Å²) in [7, 11) is 0. The van der Waals surface area contributed by atoms with Gasteiger partial charge in [0.25, 0.3) is 5.91 Å². The van der Waals surface area contributed by atoms with E-state index in [1.54, 1.807) is 6.07 Å². The molecule has 0 heterocycles. The normalized spacial score (nSPS) is 12.0. The molecule has 0 fully saturated rings. The monoisotopic (exact) mass is 323 g/mol. The van der Waals surface area contributed by atoms with Crippen LogP contribution in [0, 0.1) is 0 Å². The van der Waals surface area contributed by atoms with Crippen molar-refractivity contribution in [2.75, 3.05) is 6.54 Å². The summed E-state index contributed by atoms with van der Waals surface area (Å²) in [5.41, 5.74) is 1.39. The van der Waals surface area contributed by atoms with Crippen molar-refractivity contribution < 1.29 is 9.90 Å². The second kappa shape index (κ2) is 7.46. The molecule has 0 aliphatic carbocycles. The molecule has 0 aromatic heterocycles. The summed E-state index contributed by atoms with van der Waals surface area (Å²) in [4.78, 5) is 12.0. The van der Waals surface area contributed by atoms with Crippen LogP contribution in [0.2, 0.25) is 10.0 Å². The van der Waals surface area contributed by atoms with Crippen LogP contribution in [0.3, 0.4) is 0 Å². The second-order valence-corrected chi connectivity index (χ2v) is 5.58. The topological polar surface area (TPSA) is 49.3 Å². The highest BCUT2D eigenvalue weighted by molar-refractivity contribution is 6.35. The van der Waals surface area contributed by atoms with Gasteiger partial charge in [-0.2, -0.15) is 0 Å². The molecule has 2 aromatic rings. The number of aliphatic hydroxyl groups excluding tert-OH is 1. The predicted molar refractivity (Wildman–Crippen MR) is 84.9 cm³/mol. The second-order valence-electron chi connectivity index (χ2n) is 4.71. The van der Waals surface area contributed by atoms with Crippen molar-refractivity contribution in [1.82, 2.24) is 5.32 Å². The van der Waals surface area contributed by atoms with E-state index in [1.807, 2.05) is 30.3 Å². The minimum absolute atomic E-state index is 0.165. The van der Waals surface area contributed by atoms with Crippen molar-refractivity contribution in [2.24, 2.45) is 0 Å². The Kier molecular flexibility index (Phi) is 5.62. The first-order chi connectivity index (χ1) is 10.0. The number of hydrogen-bond acceptors (Lipinski definition) is 2. The van der Waals surface area contributed by atoms with Gasteiger partial charge in [0.2, 0.25) is 0 Å². The first-order valence-corrected chi connectivity index (χ1v) is 7.26. The Balaban J connectivity index is 1.88. The van der Waals surface area contributed by atoms with Crippen LogP contribution in [-0.2, 0) is 6.42 Å². The van der Waals surface area contributed by atoms with Gasteiger partial charge in [0.05, 0.1) is 6.10 Å². The molecule has 5 heteroatoms. The van der Waals surface area contributed by atoms with Crippen LogP contribution in [0.1, 0.15) is 15.9 Å². The lowest BCUT2D eigenvalue weighted by Gasteiger charge is -2.12. The van der Waals surface area contributed by atoms with E-state index >= 15 is 0 Å². The number of aliphatic hydroxyl groups is 1. The third-order valence-corrected chi connectivity index (χ3v) is 3.37. The van der Waals surface area contributed by atoms with E-state index in [1.165, 1.54) is 12.1 Å². The van der Waals surface area contributed by atoms with Crippen LogP contribution in [0.5, 0.6) is 0 Å². The Morgan fingerprint density at radius 1 is 1.10 bits per heavy atom. The predicted octanol–water partition coefficient (Wildman–Crippen LogP) is 3.33. The smallest absolute Gasteiger partial charge is 0.251 e. The summed E-state index contributed by atoms with van der Waals surface area (Å²) in [5, 5.41) is 13.4. The van der Waals surface area contributed by atoms with E-state index in [9.17, 15) is 9.90 Å². The molecule has 0 bridgehead atoms. The van der Waals surface area contributed by atoms with Crippen molar-refractivity contribution in [1.29, 1.82) is 0 Å². The van der Waals surface area contributed by atoms with Crippen LogP contribution in [-0.4, -0.2) is 23.7 Å². The fourth-order valence-corrected chi connectivity index (χ4v) is 2.48. The number of rotatable bonds is 5. The molecule has 0 saturated heterocycles. The van der Waals surface area contributed by atoms with Gasteiger partial charge in [-0.1, -0.05) is 53.5 Å². The molecular weight excluding hydrogens is 309 g/mol. The maximum Gasteiger partial charge on any atom is 0.251 e. The van der Waals surface area contributed by atoms with Gasteiger partial charge >= 0.3 is 0 Å².